The molecule has 1 aromatic carbocycles. The standard InChI is InChI=1S/C21H24N4O/c1-15(2)25-11-9-22-20(25)17-7-5-10-24(14-17)21(26)18-12-16-6-3-4-8-19(16)23-13-18/h3-4,6,8-9,11-13,15,17H,5,7,10,14H2,1-2H3. The lowest BCUT2D eigenvalue weighted by atomic mass is 9.96. The van der Waals surface area contributed by atoms with Gasteiger partial charge in [0.2, 0.25) is 0 Å². The molecule has 0 saturated carbocycles. The molecule has 0 aliphatic carbocycles. The molecule has 1 fully saturated rings. The van der Waals surface area contributed by atoms with Crippen LogP contribution in [0.25, 0.3) is 10.9 Å². The van der Waals surface area contributed by atoms with E-state index < -0.39 is 0 Å². The summed E-state index contributed by atoms with van der Waals surface area (Å²) in [5.41, 5.74) is 1.58. The van der Waals surface area contributed by atoms with Crippen LogP contribution in [0.5, 0.6) is 0 Å². The molecule has 1 amide bonds. The molecule has 0 radical (unpaired) electrons. The minimum atomic E-state index is 0.0654. The largest absolute Gasteiger partial charge is 0.338 e. The lowest BCUT2D eigenvalue weighted by Crippen LogP contribution is -2.39. The van der Waals surface area contributed by atoms with Gasteiger partial charge in [-0.1, -0.05) is 18.2 Å². The molecule has 3 aromatic rings. The number of hydrogen-bond donors (Lipinski definition) is 0. The molecule has 4 rings (SSSR count). The second kappa shape index (κ2) is 6.90. The van der Waals surface area contributed by atoms with Crippen LogP contribution in [-0.4, -0.2) is 38.4 Å². The number of imidazole rings is 1. The molecular weight excluding hydrogens is 324 g/mol. The quantitative estimate of drug-likeness (QED) is 0.718. The first kappa shape index (κ1) is 16.8. The van der Waals surface area contributed by atoms with Crippen molar-refractivity contribution in [1.82, 2.24) is 19.4 Å². The van der Waals surface area contributed by atoms with Gasteiger partial charge < -0.3 is 9.47 Å². The summed E-state index contributed by atoms with van der Waals surface area (Å²) in [5, 5.41) is 1.00. The second-order valence-corrected chi connectivity index (χ2v) is 7.29. The Morgan fingerprint density at radius 3 is 2.92 bits per heavy atom. The van der Waals surface area contributed by atoms with Crippen LogP contribution in [0.4, 0.5) is 0 Å². The van der Waals surface area contributed by atoms with E-state index in [4.69, 9.17) is 0 Å². The van der Waals surface area contributed by atoms with Crippen molar-refractivity contribution >= 4 is 16.8 Å². The predicted molar refractivity (Wildman–Crippen MR) is 102 cm³/mol. The molecule has 2 aromatic heterocycles. The SMILES string of the molecule is CC(C)n1ccnc1C1CCCN(C(=O)c2cnc3ccccc3c2)C1. The first-order valence-corrected chi connectivity index (χ1v) is 9.30. The Labute approximate surface area is 153 Å². The van der Waals surface area contributed by atoms with Crippen LogP contribution < -0.4 is 0 Å². The molecule has 1 saturated heterocycles. The van der Waals surface area contributed by atoms with Gasteiger partial charge in [-0.05, 0) is 38.8 Å². The molecular formula is C21H24N4O. The zero-order chi connectivity index (χ0) is 18.1. The summed E-state index contributed by atoms with van der Waals surface area (Å²) >= 11 is 0. The third-order valence-electron chi connectivity index (χ3n) is 5.17. The van der Waals surface area contributed by atoms with Gasteiger partial charge in [-0.15, -0.1) is 0 Å². The lowest BCUT2D eigenvalue weighted by Gasteiger charge is -2.33. The topological polar surface area (TPSA) is 51.0 Å². The summed E-state index contributed by atoms with van der Waals surface area (Å²) in [6.07, 6.45) is 7.67. The van der Waals surface area contributed by atoms with Gasteiger partial charge in [0.25, 0.3) is 5.91 Å². The molecule has 1 aliphatic heterocycles. The van der Waals surface area contributed by atoms with Gasteiger partial charge in [0.1, 0.15) is 5.82 Å². The van der Waals surface area contributed by atoms with Gasteiger partial charge in [-0.3, -0.25) is 9.78 Å². The van der Waals surface area contributed by atoms with Crippen LogP contribution in [0.15, 0.2) is 48.9 Å². The third-order valence-corrected chi connectivity index (χ3v) is 5.17. The van der Waals surface area contributed by atoms with E-state index in [1.54, 1.807) is 6.20 Å². The highest BCUT2D eigenvalue weighted by molar-refractivity contribution is 5.97. The number of carbonyl (C=O) groups is 1. The minimum absolute atomic E-state index is 0.0654. The number of piperidine rings is 1. The van der Waals surface area contributed by atoms with Crippen LogP contribution in [-0.2, 0) is 0 Å². The number of carbonyl (C=O) groups excluding carboxylic acids is 1. The van der Waals surface area contributed by atoms with Crippen LogP contribution >= 0.6 is 0 Å². The van der Waals surface area contributed by atoms with Crippen molar-refractivity contribution in [3.8, 4) is 0 Å². The van der Waals surface area contributed by atoms with E-state index in [0.717, 1.165) is 42.7 Å². The third kappa shape index (κ3) is 3.09. The Bertz CT molecular complexity index is 930. The van der Waals surface area contributed by atoms with Gasteiger partial charge in [-0.25, -0.2) is 4.98 Å². The predicted octanol–water partition coefficient (Wildman–Crippen LogP) is 4.03. The summed E-state index contributed by atoms with van der Waals surface area (Å²) in [7, 11) is 0. The first-order valence-electron chi connectivity index (χ1n) is 9.30. The van der Waals surface area contributed by atoms with Crippen molar-refractivity contribution in [2.75, 3.05) is 13.1 Å². The average molecular weight is 348 g/mol. The number of hydrogen-bond acceptors (Lipinski definition) is 3. The summed E-state index contributed by atoms with van der Waals surface area (Å²) in [4.78, 5) is 24.0. The normalized spacial score (nSPS) is 17.8. The van der Waals surface area contributed by atoms with Crippen molar-refractivity contribution in [3.05, 3.63) is 60.3 Å². The molecule has 5 heteroatoms. The molecule has 1 unspecified atom stereocenters. The maximum atomic E-state index is 13.0. The molecule has 26 heavy (non-hydrogen) atoms. The number of rotatable bonds is 3. The smallest absolute Gasteiger partial charge is 0.255 e. The number of amides is 1. The monoisotopic (exact) mass is 348 g/mol. The van der Waals surface area contributed by atoms with Crippen LogP contribution in [0.1, 0.15) is 54.8 Å². The number of likely N-dealkylation sites (tertiary alicyclic amines) is 1. The highest BCUT2D eigenvalue weighted by atomic mass is 16.2. The Morgan fingerprint density at radius 1 is 1.23 bits per heavy atom. The molecule has 134 valence electrons. The van der Waals surface area contributed by atoms with E-state index in [0.29, 0.717) is 17.5 Å². The van der Waals surface area contributed by atoms with E-state index in [1.807, 2.05) is 47.6 Å². The van der Waals surface area contributed by atoms with Crippen LogP contribution in [0.3, 0.4) is 0 Å². The van der Waals surface area contributed by atoms with Crippen molar-refractivity contribution in [2.24, 2.45) is 0 Å². The summed E-state index contributed by atoms with van der Waals surface area (Å²) in [6, 6.07) is 10.2. The van der Waals surface area contributed by atoms with Gasteiger partial charge in [0.15, 0.2) is 0 Å². The van der Waals surface area contributed by atoms with Crippen molar-refractivity contribution in [3.63, 3.8) is 0 Å². The minimum Gasteiger partial charge on any atom is -0.338 e. The van der Waals surface area contributed by atoms with Crippen molar-refractivity contribution in [1.29, 1.82) is 0 Å². The van der Waals surface area contributed by atoms with Crippen molar-refractivity contribution < 1.29 is 4.79 Å². The highest BCUT2D eigenvalue weighted by Crippen LogP contribution is 2.28. The fraction of sp³-hybridized carbons (Fsp3) is 0.381. The van der Waals surface area contributed by atoms with Crippen LogP contribution in [0.2, 0.25) is 0 Å². The maximum Gasteiger partial charge on any atom is 0.255 e. The first-order chi connectivity index (χ1) is 12.6. The van der Waals surface area contributed by atoms with E-state index in [2.05, 4.69) is 28.4 Å². The van der Waals surface area contributed by atoms with E-state index in [9.17, 15) is 4.79 Å². The van der Waals surface area contributed by atoms with E-state index in [-0.39, 0.29) is 5.91 Å². The zero-order valence-corrected chi connectivity index (χ0v) is 15.3. The zero-order valence-electron chi connectivity index (χ0n) is 15.3. The van der Waals surface area contributed by atoms with E-state index in [1.165, 1.54) is 0 Å². The molecule has 1 aliphatic rings. The number of para-hydroxylation sites is 1. The molecule has 0 spiro atoms. The molecule has 1 atom stereocenters. The number of nitrogens with zero attached hydrogens (tertiary/aromatic N) is 4. The second-order valence-electron chi connectivity index (χ2n) is 7.29. The number of benzene rings is 1. The maximum absolute atomic E-state index is 13.0. The number of pyridine rings is 1. The number of fused-ring (bicyclic) bond motifs is 1. The number of aromatic nitrogens is 3. The van der Waals surface area contributed by atoms with E-state index >= 15 is 0 Å². The van der Waals surface area contributed by atoms with Crippen LogP contribution in [0, 0.1) is 0 Å². The van der Waals surface area contributed by atoms with Gasteiger partial charge >= 0.3 is 0 Å². The van der Waals surface area contributed by atoms with Gasteiger partial charge in [0, 0.05) is 49.0 Å². The Morgan fingerprint density at radius 2 is 2.08 bits per heavy atom. The average Bonchev–Trinajstić information content (AvgIpc) is 3.17. The molecule has 5 nitrogen and oxygen atoms in total. The fourth-order valence-electron chi connectivity index (χ4n) is 3.82. The summed E-state index contributed by atoms with van der Waals surface area (Å²) in [5.74, 6) is 1.45. The summed E-state index contributed by atoms with van der Waals surface area (Å²) in [6.45, 7) is 5.84. The Hall–Kier alpha value is -2.69. The Kier molecular flexibility index (Phi) is 4.45. The fourth-order valence-corrected chi connectivity index (χ4v) is 3.82. The van der Waals surface area contributed by atoms with Gasteiger partial charge in [-0.2, -0.15) is 0 Å². The Balaban J connectivity index is 1.56. The highest BCUT2D eigenvalue weighted by Gasteiger charge is 2.28. The molecule has 3 heterocycles. The van der Waals surface area contributed by atoms with Gasteiger partial charge in [0.05, 0.1) is 11.1 Å². The van der Waals surface area contributed by atoms with Crippen molar-refractivity contribution in [2.45, 2.75) is 38.6 Å². The molecule has 0 bridgehead atoms. The molecule has 0 N–H and O–H groups in total. The lowest BCUT2D eigenvalue weighted by molar-refractivity contribution is 0.0703. The summed E-state index contributed by atoms with van der Waals surface area (Å²) < 4.78 is 2.22.